The molecular weight excluding hydrogens is 260 g/mol. The highest BCUT2D eigenvalue weighted by atomic mass is 16.2. The molecular formula is C13H23N4O3+. The lowest BCUT2D eigenvalue weighted by molar-refractivity contribution is -0.905. The fourth-order valence-corrected chi connectivity index (χ4v) is 3.51. The summed E-state index contributed by atoms with van der Waals surface area (Å²) in [6, 6.07) is -0.808. The largest absolute Gasteiger partial charge is 0.368 e. The van der Waals surface area contributed by atoms with Gasteiger partial charge in [-0.3, -0.25) is 14.4 Å². The Morgan fingerprint density at radius 1 is 1.15 bits per heavy atom. The molecule has 0 aromatic rings. The fraction of sp³-hybridized carbons (Fsp3) is 0.769. The van der Waals surface area contributed by atoms with Crippen molar-refractivity contribution in [1.82, 2.24) is 4.90 Å². The zero-order valence-corrected chi connectivity index (χ0v) is 11.9. The Kier molecular flexibility index (Phi) is 3.99. The molecule has 2 aliphatic heterocycles. The molecule has 7 nitrogen and oxygen atoms in total. The number of carbonyl (C=O) groups excluding carboxylic acids is 3. The summed E-state index contributed by atoms with van der Waals surface area (Å²) in [6.07, 6.45) is 3.03. The van der Waals surface area contributed by atoms with E-state index in [1.807, 2.05) is 7.05 Å². The predicted octanol–water partition coefficient (Wildman–Crippen LogP) is -1.44. The molecule has 3 unspecified atom stereocenters. The first-order valence-electron chi connectivity index (χ1n) is 7.07. The number of primary amides is 2. The monoisotopic (exact) mass is 283 g/mol. The second-order valence-electron chi connectivity index (χ2n) is 6.07. The van der Waals surface area contributed by atoms with E-state index in [0.29, 0.717) is 17.4 Å². The number of quaternary nitrogens is 1. The van der Waals surface area contributed by atoms with Gasteiger partial charge in [0.05, 0.1) is 13.6 Å². The summed E-state index contributed by atoms with van der Waals surface area (Å²) < 4.78 is 0.343. The molecule has 0 aromatic carbocycles. The van der Waals surface area contributed by atoms with Gasteiger partial charge in [-0.15, -0.1) is 0 Å². The number of nitrogens with two attached hydrogens (primary N) is 2. The van der Waals surface area contributed by atoms with Crippen molar-refractivity contribution in [1.29, 1.82) is 0 Å². The standard InChI is InChI=1S/C13H22N4O3/c1-17(7-3-5-10(17)13(15)20)8-11(18)16-6-2-4-9(16)12(14)19/h9-10H,2-8H2,1H3,(H3-,14,15,19,20)/p+1. The normalized spacial score (nSPS) is 33.4. The van der Waals surface area contributed by atoms with Crippen molar-refractivity contribution < 1.29 is 18.9 Å². The van der Waals surface area contributed by atoms with Gasteiger partial charge in [-0.1, -0.05) is 0 Å². The molecule has 3 atom stereocenters. The molecule has 0 aromatic heterocycles. The maximum absolute atomic E-state index is 12.4. The van der Waals surface area contributed by atoms with E-state index in [2.05, 4.69) is 0 Å². The maximum Gasteiger partial charge on any atom is 0.278 e. The van der Waals surface area contributed by atoms with Gasteiger partial charge in [0.25, 0.3) is 11.8 Å². The van der Waals surface area contributed by atoms with Gasteiger partial charge in [-0.05, 0) is 12.8 Å². The molecule has 0 radical (unpaired) electrons. The van der Waals surface area contributed by atoms with Crippen molar-refractivity contribution >= 4 is 17.7 Å². The third-order valence-electron chi connectivity index (χ3n) is 4.63. The highest BCUT2D eigenvalue weighted by Gasteiger charge is 2.45. The summed E-state index contributed by atoms with van der Waals surface area (Å²) in [5.74, 6) is -0.918. The number of rotatable bonds is 4. The summed E-state index contributed by atoms with van der Waals surface area (Å²) in [4.78, 5) is 36.9. The van der Waals surface area contributed by atoms with Crippen LogP contribution in [0.1, 0.15) is 25.7 Å². The van der Waals surface area contributed by atoms with Crippen LogP contribution >= 0.6 is 0 Å². The van der Waals surface area contributed by atoms with Crippen LogP contribution in [0.4, 0.5) is 0 Å². The molecule has 112 valence electrons. The number of nitrogens with zero attached hydrogens (tertiary/aromatic N) is 2. The first-order chi connectivity index (χ1) is 9.35. The minimum Gasteiger partial charge on any atom is -0.368 e. The molecule has 2 fully saturated rings. The molecule has 2 aliphatic rings. The first-order valence-corrected chi connectivity index (χ1v) is 7.07. The van der Waals surface area contributed by atoms with Crippen molar-refractivity contribution in [2.75, 3.05) is 26.7 Å². The van der Waals surface area contributed by atoms with E-state index >= 15 is 0 Å². The van der Waals surface area contributed by atoms with Crippen LogP contribution in [0.25, 0.3) is 0 Å². The summed E-state index contributed by atoms with van der Waals surface area (Å²) in [5.41, 5.74) is 10.8. The average Bonchev–Trinajstić information content (AvgIpc) is 2.94. The average molecular weight is 283 g/mol. The van der Waals surface area contributed by atoms with E-state index in [1.165, 1.54) is 0 Å². The number of likely N-dealkylation sites (N-methyl/N-ethyl adjacent to an activating group) is 1. The minimum atomic E-state index is -0.497. The maximum atomic E-state index is 12.4. The smallest absolute Gasteiger partial charge is 0.278 e. The van der Waals surface area contributed by atoms with Gasteiger partial charge < -0.3 is 20.9 Å². The Labute approximate surface area is 118 Å². The van der Waals surface area contributed by atoms with E-state index < -0.39 is 11.9 Å². The van der Waals surface area contributed by atoms with E-state index in [4.69, 9.17) is 11.5 Å². The third-order valence-corrected chi connectivity index (χ3v) is 4.63. The van der Waals surface area contributed by atoms with Gasteiger partial charge in [-0.25, -0.2) is 0 Å². The highest BCUT2D eigenvalue weighted by Crippen LogP contribution is 2.26. The van der Waals surface area contributed by atoms with Gasteiger partial charge in [-0.2, -0.15) is 0 Å². The quantitative estimate of drug-likeness (QED) is 0.617. The minimum absolute atomic E-state index is 0.109. The summed E-state index contributed by atoms with van der Waals surface area (Å²) >= 11 is 0. The van der Waals surface area contributed by atoms with Gasteiger partial charge >= 0.3 is 0 Å². The first kappa shape index (κ1) is 14.8. The Hall–Kier alpha value is -1.63. The van der Waals surface area contributed by atoms with E-state index in [0.717, 1.165) is 25.8 Å². The molecule has 7 heteroatoms. The van der Waals surface area contributed by atoms with Gasteiger partial charge in [0.15, 0.2) is 12.6 Å². The molecule has 2 heterocycles. The molecule has 0 bridgehead atoms. The van der Waals surface area contributed by atoms with Crippen LogP contribution in [0.2, 0.25) is 0 Å². The Morgan fingerprint density at radius 2 is 1.85 bits per heavy atom. The molecule has 0 aliphatic carbocycles. The fourth-order valence-electron chi connectivity index (χ4n) is 3.51. The Morgan fingerprint density at radius 3 is 2.45 bits per heavy atom. The van der Waals surface area contributed by atoms with Gasteiger partial charge in [0, 0.05) is 19.4 Å². The predicted molar refractivity (Wildman–Crippen MR) is 72.1 cm³/mol. The number of amides is 3. The van der Waals surface area contributed by atoms with Crippen molar-refractivity contribution in [2.24, 2.45) is 11.5 Å². The SMILES string of the molecule is C[N+]1(CC(=O)N2CCCC2C(N)=O)CCCC1C(N)=O. The lowest BCUT2D eigenvalue weighted by atomic mass is 10.2. The number of hydrogen-bond donors (Lipinski definition) is 2. The molecule has 0 spiro atoms. The second-order valence-corrected chi connectivity index (χ2v) is 6.07. The zero-order valence-electron chi connectivity index (χ0n) is 11.9. The number of carbonyl (C=O) groups is 3. The summed E-state index contributed by atoms with van der Waals surface area (Å²) in [7, 11) is 1.88. The van der Waals surface area contributed by atoms with E-state index in [1.54, 1.807) is 4.90 Å². The van der Waals surface area contributed by atoms with Crippen LogP contribution in [-0.4, -0.2) is 65.9 Å². The summed E-state index contributed by atoms with van der Waals surface area (Å²) in [6.45, 7) is 1.53. The topological polar surface area (TPSA) is 106 Å². The summed E-state index contributed by atoms with van der Waals surface area (Å²) in [5, 5.41) is 0. The number of likely N-dealkylation sites (tertiary alicyclic amines) is 2. The van der Waals surface area contributed by atoms with E-state index in [-0.39, 0.29) is 24.4 Å². The van der Waals surface area contributed by atoms with Crippen molar-refractivity contribution in [3.8, 4) is 0 Å². The van der Waals surface area contributed by atoms with Crippen LogP contribution in [0, 0.1) is 0 Å². The number of hydrogen-bond acceptors (Lipinski definition) is 3. The third kappa shape index (κ3) is 2.63. The Bertz CT molecular complexity index is 439. The second kappa shape index (κ2) is 5.40. The van der Waals surface area contributed by atoms with Crippen LogP contribution < -0.4 is 11.5 Å². The Balaban J connectivity index is 2.07. The van der Waals surface area contributed by atoms with Crippen LogP contribution in [0.15, 0.2) is 0 Å². The van der Waals surface area contributed by atoms with Crippen molar-refractivity contribution in [3.63, 3.8) is 0 Å². The van der Waals surface area contributed by atoms with Crippen LogP contribution in [0.5, 0.6) is 0 Å². The van der Waals surface area contributed by atoms with Crippen molar-refractivity contribution in [3.05, 3.63) is 0 Å². The zero-order chi connectivity index (χ0) is 14.9. The molecule has 0 saturated carbocycles. The van der Waals surface area contributed by atoms with Crippen LogP contribution in [-0.2, 0) is 14.4 Å². The van der Waals surface area contributed by atoms with Gasteiger partial charge in [0.2, 0.25) is 5.91 Å². The van der Waals surface area contributed by atoms with E-state index in [9.17, 15) is 14.4 Å². The lowest BCUT2D eigenvalue weighted by Crippen LogP contribution is -2.59. The molecule has 3 amide bonds. The lowest BCUT2D eigenvalue weighted by Gasteiger charge is -2.35. The molecule has 20 heavy (non-hydrogen) atoms. The highest BCUT2D eigenvalue weighted by molar-refractivity contribution is 5.88. The molecule has 4 N–H and O–H groups in total. The molecule has 2 rings (SSSR count). The van der Waals surface area contributed by atoms with Crippen LogP contribution in [0.3, 0.4) is 0 Å². The van der Waals surface area contributed by atoms with Gasteiger partial charge in [0.1, 0.15) is 6.04 Å². The molecule has 2 saturated heterocycles. The van der Waals surface area contributed by atoms with Crippen molar-refractivity contribution in [2.45, 2.75) is 37.8 Å².